The fourth-order valence-corrected chi connectivity index (χ4v) is 5.98. The van der Waals surface area contributed by atoms with Crippen LogP contribution in [0.5, 0.6) is 0 Å². The summed E-state index contributed by atoms with van der Waals surface area (Å²) in [6, 6.07) is 10.2. The summed E-state index contributed by atoms with van der Waals surface area (Å²) in [6.07, 6.45) is 4.68. The molecule has 0 unspecified atom stereocenters. The van der Waals surface area contributed by atoms with Gasteiger partial charge in [-0.3, -0.25) is 9.71 Å². The second-order valence-corrected chi connectivity index (χ2v) is 10.3. The molecule has 1 N–H and O–H groups in total. The van der Waals surface area contributed by atoms with Crippen molar-refractivity contribution in [1.29, 1.82) is 5.26 Å². The third kappa shape index (κ3) is 4.74. The van der Waals surface area contributed by atoms with E-state index in [0.717, 1.165) is 48.6 Å². The number of aryl methyl sites for hydroxylation is 1. The lowest BCUT2D eigenvalue weighted by Crippen LogP contribution is -2.22. The maximum Gasteiger partial charge on any atom is 0.262 e. The van der Waals surface area contributed by atoms with Gasteiger partial charge >= 0.3 is 0 Å². The van der Waals surface area contributed by atoms with Crippen LogP contribution in [0.3, 0.4) is 0 Å². The molecule has 4 rings (SSSR count). The van der Waals surface area contributed by atoms with Crippen molar-refractivity contribution in [2.75, 3.05) is 4.72 Å². The summed E-state index contributed by atoms with van der Waals surface area (Å²) in [6.45, 7) is 0. The maximum atomic E-state index is 13.5. The smallest absolute Gasteiger partial charge is 0.262 e. The van der Waals surface area contributed by atoms with Crippen molar-refractivity contribution in [1.82, 2.24) is 0 Å². The predicted octanol–water partition coefficient (Wildman–Crippen LogP) is 4.41. The van der Waals surface area contributed by atoms with Crippen LogP contribution in [0.15, 0.2) is 52.4 Å². The zero-order valence-electron chi connectivity index (χ0n) is 17.3. The van der Waals surface area contributed by atoms with E-state index in [-0.39, 0.29) is 11.3 Å². The normalized spacial score (nSPS) is 14.3. The van der Waals surface area contributed by atoms with E-state index in [1.54, 1.807) is 6.07 Å². The molecule has 1 aliphatic carbocycles. The van der Waals surface area contributed by atoms with Gasteiger partial charge in [-0.05, 0) is 61.4 Å². The van der Waals surface area contributed by atoms with Gasteiger partial charge in [0, 0.05) is 10.4 Å². The van der Waals surface area contributed by atoms with Gasteiger partial charge in [-0.2, -0.15) is 5.26 Å². The van der Waals surface area contributed by atoms with Gasteiger partial charge in [-0.25, -0.2) is 17.2 Å². The zero-order chi connectivity index (χ0) is 23.6. The van der Waals surface area contributed by atoms with Crippen molar-refractivity contribution in [3.8, 4) is 6.07 Å². The van der Waals surface area contributed by atoms with E-state index in [9.17, 15) is 27.6 Å². The summed E-state index contributed by atoms with van der Waals surface area (Å²) >= 11 is 1.32. The van der Waals surface area contributed by atoms with Crippen molar-refractivity contribution in [2.24, 2.45) is 4.99 Å². The third-order valence-electron chi connectivity index (χ3n) is 5.32. The minimum Gasteiger partial charge on any atom is -0.858 e. The Morgan fingerprint density at radius 3 is 2.61 bits per heavy atom. The second-order valence-electron chi connectivity index (χ2n) is 7.50. The molecular weight excluding hydrogens is 468 g/mol. The Morgan fingerprint density at radius 1 is 1.09 bits per heavy atom. The topological polar surface area (TPSA) is 105 Å². The van der Waals surface area contributed by atoms with Gasteiger partial charge in [0.1, 0.15) is 11.1 Å². The first-order chi connectivity index (χ1) is 15.8. The van der Waals surface area contributed by atoms with Crippen LogP contribution in [-0.2, 0) is 22.9 Å². The first-order valence-corrected chi connectivity index (χ1v) is 12.5. The molecule has 0 saturated heterocycles. The number of anilines is 1. The first-order valence-electron chi connectivity index (χ1n) is 10.2. The van der Waals surface area contributed by atoms with Gasteiger partial charge in [-0.15, -0.1) is 11.3 Å². The third-order valence-corrected chi connectivity index (χ3v) is 7.87. The molecule has 2 aromatic carbocycles. The molecule has 0 spiro atoms. The Kier molecular flexibility index (Phi) is 6.44. The number of benzene rings is 2. The highest BCUT2D eigenvalue weighted by Gasteiger charge is 2.21. The van der Waals surface area contributed by atoms with Crippen molar-refractivity contribution in [3.63, 3.8) is 0 Å². The monoisotopic (exact) mass is 486 g/mol. The van der Waals surface area contributed by atoms with Crippen LogP contribution in [-0.4, -0.2) is 14.3 Å². The number of hydrogen-bond donors (Lipinski definition) is 1. The lowest BCUT2D eigenvalue weighted by Gasteiger charge is -2.17. The van der Waals surface area contributed by atoms with E-state index >= 15 is 0 Å². The Balaban J connectivity index is 1.70. The number of nitrogens with one attached hydrogen (secondary N) is 1. The molecule has 6 nitrogen and oxygen atoms in total. The molecule has 1 aliphatic rings. The highest BCUT2D eigenvalue weighted by Crippen LogP contribution is 2.39. The van der Waals surface area contributed by atoms with Gasteiger partial charge in [0.15, 0.2) is 11.6 Å². The molecule has 10 heteroatoms. The van der Waals surface area contributed by atoms with Crippen molar-refractivity contribution in [2.45, 2.75) is 37.0 Å². The molecule has 0 fully saturated rings. The summed E-state index contributed by atoms with van der Waals surface area (Å²) < 4.78 is 54.3. The van der Waals surface area contributed by atoms with E-state index in [1.807, 2.05) is 0 Å². The minimum atomic E-state index is -4.30. The molecule has 0 radical (unpaired) electrons. The summed E-state index contributed by atoms with van der Waals surface area (Å²) in [7, 11) is -4.30. The zero-order valence-corrected chi connectivity index (χ0v) is 18.9. The molecule has 3 aromatic rings. The molecule has 0 aliphatic heterocycles. The Hall–Kier alpha value is -3.29. The van der Waals surface area contributed by atoms with Crippen LogP contribution in [0.1, 0.15) is 40.8 Å². The number of rotatable bonds is 5. The lowest BCUT2D eigenvalue weighted by molar-refractivity contribution is -0.212. The van der Waals surface area contributed by atoms with E-state index < -0.39 is 32.5 Å². The van der Waals surface area contributed by atoms with Gasteiger partial charge in [0.25, 0.3) is 10.0 Å². The molecule has 1 aromatic heterocycles. The SMILES string of the molecule is N#Cc1c(N=C([O-])c2ccccc2NS(=O)(=O)c2ccc(F)c(F)c2)sc2c1CCCCC2. The molecule has 1 heterocycles. The Morgan fingerprint density at radius 2 is 1.85 bits per heavy atom. The first kappa shape index (κ1) is 22.9. The van der Waals surface area contributed by atoms with Gasteiger partial charge in [-0.1, -0.05) is 24.6 Å². The molecule has 0 saturated carbocycles. The summed E-state index contributed by atoms with van der Waals surface area (Å²) in [4.78, 5) is 4.70. The molecule has 0 amide bonds. The quantitative estimate of drug-likeness (QED) is 0.328. The van der Waals surface area contributed by atoms with E-state index in [2.05, 4.69) is 15.8 Å². The van der Waals surface area contributed by atoms with Crippen LogP contribution in [0.25, 0.3) is 0 Å². The van der Waals surface area contributed by atoms with E-state index in [0.29, 0.717) is 22.7 Å². The summed E-state index contributed by atoms with van der Waals surface area (Å²) in [5.41, 5.74) is 1.24. The van der Waals surface area contributed by atoms with Crippen molar-refractivity contribution < 1.29 is 22.3 Å². The number of nitrogens with zero attached hydrogens (tertiary/aromatic N) is 2. The summed E-state index contributed by atoms with van der Waals surface area (Å²) in [5.74, 6) is -3.20. The number of sulfonamides is 1. The highest BCUT2D eigenvalue weighted by atomic mass is 32.2. The van der Waals surface area contributed by atoms with Crippen molar-refractivity contribution >= 4 is 37.9 Å². The molecular formula is C23H18F2N3O3S2-. The van der Waals surface area contributed by atoms with Crippen LogP contribution >= 0.6 is 11.3 Å². The van der Waals surface area contributed by atoms with Crippen LogP contribution < -0.4 is 9.83 Å². The standard InChI is InChI=1S/C23H19F2N3O3S2/c24-18-11-10-14(12-19(18)25)33(30,31)28-20-8-5-4-7-16(20)22(29)27-23-17(13-26)15-6-2-1-3-9-21(15)32-23/h4-5,7-8,10-12,28H,1-3,6,9H2,(H,27,29)/p-1. The molecule has 0 bridgehead atoms. The number of halogens is 2. The summed E-state index contributed by atoms with van der Waals surface area (Å²) in [5, 5.41) is 23.0. The number of nitriles is 1. The number of thiophene rings is 1. The lowest BCUT2D eigenvalue weighted by atomic mass is 10.1. The van der Waals surface area contributed by atoms with Gasteiger partial charge in [0.2, 0.25) is 0 Å². The van der Waals surface area contributed by atoms with Gasteiger partial charge < -0.3 is 5.11 Å². The van der Waals surface area contributed by atoms with Crippen LogP contribution in [0.4, 0.5) is 19.5 Å². The largest absolute Gasteiger partial charge is 0.858 e. The number of aliphatic imine (C=N–C) groups is 1. The minimum absolute atomic E-state index is 0.0313. The van der Waals surface area contributed by atoms with Crippen LogP contribution in [0, 0.1) is 23.0 Å². The number of fused-ring (bicyclic) bond motifs is 1. The average Bonchev–Trinajstić information content (AvgIpc) is 2.94. The fourth-order valence-electron chi connectivity index (χ4n) is 3.68. The van der Waals surface area contributed by atoms with Gasteiger partial charge in [0.05, 0.1) is 16.1 Å². The molecule has 0 atom stereocenters. The second kappa shape index (κ2) is 9.29. The average molecular weight is 487 g/mol. The predicted molar refractivity (Wildman–Crippen MR) is 120 cm³/mol. The Labute approximate surface area is 193 Å². The van der Waals surface area contributed by atoms with Crippen LogP contribution in [0.2, 0.25) is 0 Å². The van der Waals surface area contributed by atoms with Crippen molar-refractivity contribution in [3.05, 3.63) is 75.7 Å². The van der Waals surface area contributed by atoms with E-state index in [1.165, 1.54) is 29.5 Å². The maximum absolute atomic E-state index is 13.5. The molecule has 170 valence electrons. The fraction of sp³-hybridized carbons (Fsp3) is 0.217. The van der Waals surface area contributed by atoms with E-state index in [4.69, 9.17) is 0 Å². The number of hydrogen-bond acceptors (Lipinski definition) is 6. The number of para-hydroxylation sites is 1. The molecule has 33 heavy (non-hydrogen) atoms. The highest BCUT2D eigenvalue weighted by molar-refractivity contribution is 7.92. The Bertz CT molecular complexity index is 1390.